The molecule has 5 nitrogen and oxygen atoms in total. The number of carbonyl (C=O) groups is 3. The highest BCUT2D eigenvalue weighted by molar-refractivity contribution is 6.03. The average molecular weight is 213 g/mol. The van der Waals surface area contributed by atoms with Crippen LogP contribution in [0.3, 0.4) is 0 Å². The lowest BCUT2D eigenvalue weighted by atomic mass is 10.1. The quantitative estimate of drug-likeness (QED) is 0.653. The Balaban J connectivity index is 2.67. The molecule has 1 heterocycles. The van der Waals surface area contributed by atoms with Crippen molar-refractivity contribution in [2.75, 3.05) is 0 Å². The van der Waals surface area contributed by atoms with Gasteiger partial charge in [-0.1, -0.05) is 20.8 Å². The molecule has 0 spiro atoms. The number of carbonyl (C=O) groups excluding carboxylic acids is 3. The van der Waals surface area contributed by atoms with E-state index in [2.05, 4.69) is 0 Å². The first-order chi connectivity index (χ1) is 6.97. The Morgan fingerprint density at radius 2 is 2.13 bits per heavy atom. The Morgan fingerprint density at radius 3 is 2.53 bits per heavy atom. The molecule has 0 aromatic carbocycles. The van der Waals surface area contributed by atoms with Crippen molar-refractivity contribution in [1.29, 1.82) is 0 Å². The molecule has 0 N–H and O–H groups in total. The van der Waals surface area contributed by atoms with E-state index in [0.29, 0.717) is 11.5 Å². The first kappa shape index (κ1) is 11.7. The van der Waals surface area contributed by atoms with Gasteiger partial charge in [0.15, 0.2) is 0 Å². The van der Waals surface area contributed by atoms with E-state index in [0.717, 1.165) is 0 Å². The summed E-state index contributed by atoms with van der Waals surface area (Å²) in [5.41, 5.74) is 0. The van der Waals surface area contributed by atoms with Crippen molar-refractivity contribution in [3.05, 3.63) is 0 Å². The standard InChI is InChI=1S/C10H15NO4/c1-4-7-5-8(12)11(9(7)13)15-10(14)6(2)3/h6-7H,4-5H2,1-3H3. The summed E-state index contributed by atoms with van der Waals surface area (Å²) in [6.45, 7) is 5.11. The molecule has 0 bridgehead atoms. The van der Waals surface area contributed by atoms with Crippen molar-refractivity contribution in [3.63, 3.8) is 0 Å². The van der Waals surface area contributed by atoms with Gasteiger partial charge in [-0.05, 0) is 6.42 Å². The number of hydroxylamine groups is 2. The van der Waals surface area contributed by atoms with E-state index >= 15 is 0 Å². The zero-order chi connectivity index (χ0) is 11.6. The topological polar surface area (TPSA) is 63.7 Å². The number of hydrogen-bond donors (Lipinski definition) is 0. The highest BCUT2D eigenvalue weighted by atomic mass is 16.7. The monoisotopic (exact) mass is 213 g/mol. The molecule has 0 saturated carbocycles. The van der Waals surface area contributed by atoms with Crippen LogP contribution in [0.15, 0.2) is 0 Å². The average Bonchev–Trinajstić information content (AvgIpc) is 2.44. The van der Waals surface area contributed by atoms with Crippen molar-refractivity contribution < 1.29 is 19.2 Å². The summed E-state index contributed by atoms with van der Waals surface area (Å²) in [6, 6.07) is 0. The molecule has 0 aromatic heterocycles. The van der Waals surface area contributed by atoms with E-state index in [1.54, 1.807) is 13.8 Å². The van der Waals surface area contributed by atoms with Crippen molar-refractivity contribution in [2.45, 2.75) is 33.6 Å². The molecule has 1 saturated heterocycles. The smallest absolute Gasteiger partial charge is 0.330 e. The van der Waals surface area contributed by atoms with Crippen LogP contribution in [0, 0.1) is 11.8 Å². The minimum absolute atomic E-state index is 0.140. The van der Waals surface area contributed by atoms with Gasteiger partial charge < -0.3 is 4.84 Å². The van der Waals surface area contributed by atoms with Crippen LogP contribution in [-0.2, 0) is 19.2 Å². The summed E-state index contributed by atoms with van der Waals surface area (Å²) in [4.78, 5) is 38.8. The van der Waals surface area contributed by atoms with Crippen LogP contribution >= 0.6 is 0 Å². The van der Waals surface area contributed by atoms with Crippen LogP contribution in [0.25, 0.3) is 0 Å². The minimum Gasteiger partial charge on any atom is -0.330 e. The maximum Gasteiger partial charge on any atom is 0.335 e. The molecule has 5 heteroatoms. The summed E-state index contributed by atoms with van der Waals surface area (Å²) >= 11 is 0. The summed E-state index contributed by atoms with van der Waals surface area (Å²) in [6.07, 6.45) is 0.723. The Hall–Kier alpha value is -1.39. The van der Waals surface area contributed by atoms with Gasteiger partial charge in [-0.2, -0.15) is 0 Å². The molecule has 1 aliphatic rings. The molecule has 1 unspecified atom stereocenters. The Morgan fingerprint density at radius 1 is 1.53 bits per heavy atom. The van der Waals surface area contributed by atoms with Crippen LogP contribution in [0.2, 0.25) is 0 Å². The second-order valence-corrected chi connectivity index (χ2v) is 3.90. The molecule has 84 valence electrons. The molecular formula is C10H15NO4. The van der Waals surface area contributed by atoms with Crippen LogP contribution in [-0.4, -0.2) is 22.8 Å². The highest BCUT2D eigenvalue weighted by Gasteiger charge is 2.40. The zero-order valence-electron chi connectivity index (χ0n) is 9.15. The third-order valence-corrected chi connectivity index (χ3v) is 2.34. The highest BCUT2D eigenvalue weighted by Crippen LogP contribution is 2.22. The molecule has 2 amide bonds. The summed E-state index contributed by atoms with van der Waals surface area (Å²) in [5.74, 6) is -2.09. The third kappa shape index (κ3) is 2.34. The van der Waals surface area contributed by atoms with Gasteiger partial charge in [0.25, 0.3) is 11.8 Å². The Labute approximate surface area is 88.3 Å². The molecule has 1 aliphatic heterocycles. The van der Waals surface area contributed by atoms with Crippen LogP contribution < -0.4 is 0 Å². The number of imide groups is 1. The zero-order valence-corrected chi connectivity index (χ0v) is 9.15. The van der Waals surface area contributed by atoms with E-state index in [-0.39, 0.29) is 18.3 Å². The fraction of sp³-hybridized carbons (Fsp3) is 0.700. The summed E-state index contributed by atoms with van der Waals surface area (Å²) in [5, 5.41) is 0.608. The SMILES string of the molecule is CCC1CC(=O)N(OC(=O)C(C)C)C1=O. The normalized spacial score (nSPS) is 21.3. The van der Waals surface area contributed by atoms with Gasteiger partial charge in [0.1, 0.15) is 0 Å². The fourth-order valence-corrected chi connectivity index (χ4v) is 1.28. The lowest BCUT2D eigenvalue weighted by Crippen LogP contribution is -2.34. The van der Waals surface area contributed by atoms with E-state index in [1.807, 2.05) is 6.92 Å². The van der Waals surface area contributed by atoms with Gasteiger partial charge >= 0.3 is 5.97 Å². The maximum atomic E-state index is 11.5. The summed E-state index contributed by atoms with van der Waals surface area (Å²) < 4.78 is 0. The van der Waals surface area contributed by atoms with Gasteiger partial charge in [-0.25, -0.2) is 4.79 Å². The van der Waals surface area contributed by atoms with Crippen LogP contribution in [0.1, 0.15) is 33.6 Å². The van der Waals surface area contributed by atoms with E-state index in [4.69, 9.17) is 4.84 Å². The Kier molecular flexibility index (Phi) is 3.44. The number of rotatable bonds is 3. The lowest BCUT2D eigenvalue weighted by Gasteiger charge is -2.14. The van der Waals surface area contributed by atoms with Gasteiger partial charge in [0.05, 0.1) is 11.8 Å². The van der Waals surface area contributed by atoms with Gasteiger partial charge in [0.2, 0.25) is 0 Å². The second-order valence-electron chi connectivity index (χ2n) is 3.90. The van der Waals surface area contributed by atoms with E-state index < -0.39 is 17.8 Å². The first-order valence-corrected chi connectivity index (χ1v) is 5.06. The van der Waals surface area contributed by atoms with Crippen molar-refractivity contribution >= 4 is 17.8 Å². The molecular weight excluding hydrogens is 198 g/mol. The third-order valence-electron chi connectivity index (χ3n) is 2.34. The van der Waals surface area contributed by atoms with Crippen molar-refractivity contribution in [2.24, 2.45) is 11.8 Å². The maximum absolute atomic E-state index is 11.5. The predicted molar refractivity (Wildman–Crippen MR) is 51.2 cm³/mol. The molecule has 0 aromatic rings. The first-order valence-electron chi connectivity index (χ1n) is 5.06. The number of nitrogens with zero attached hydrogens (tertiary/aromatic N) is 1. The fourth-order valence-electron chi connectivity index (χ4n) is 1.28. The van der Waals surface area contributed by atoms with Gasteiger partial charge in [-0.15, -0.1) is 5.06 Å². The molecule has 1 fully saturated rings. The van der Waals surface area contributed by atoms with Crippen LogP contribution in [0.4, 0.5) is 0 Å². The van der Waals surface area contributed by atoms with Crippen molar-refractivity contribution in [1.82, 2.24) is 5.06 Å². The van der Waals surface area contributed by atoms with E-state index in [9.17, 15) is 14.4 Å². The number of amides is 2. The minimum atomic E-state index is -0.562. The van der Waals surface area contributed by atoms with Gasteiger partial charge in [-0.3, -0.25) is 9.59 Å². The summed E-state index contributed by atoms with van der Waals surface area (Å²) in [7, 11) is 0. The molecule has 0 aliphatic carbocycles. The molecule has 0 radical (unpaired) electrons. The molecule has 15 heavy (non-hydrogen) atoms. The number of hydrogen-bond acceptors (Lipinski definition) is 4. The van der Waals surface area contributed by atoms with Crippen molar-refractivity contribution in [3.8, 4) is 0 Å². The molecule has 1 atom stereocenters. The van der Waals surface area contributed by atoms with Gasteiger partial charge in [0, 0.05) is 6.42 Å². The second kappa shape index (κ2) is 4.42. The lowest BCUT2D eigenvalue weighted by molar-refractivity contribution is -0.200. The Bertz CT molecular complexity index is 298. The van der Waals surface area contributed by atoms with Crippen LogP contribution in [0.5, 0.6) is 0 Å². The molecule has 1 rings (SSSR count). The van der Waals surface area contributed by atoms with E-state index in [1.165, 1.54) is 0 Å². The predicted octanol–water partition coefficient (Wildman–Crippen LogP) is 0.886. The largest absolute Gasteiger partial charge is 0.335 e.